The van der Waals surface area contributed by atoms with Crippen molar-refractivity contribution in [3.8, 4) is 0 Å². The molecule has 0 aromatic carbocycles. The van der Waals surface area contributed by atoms with Crippen LogP contribution in [0.5, 0.6) is 0 Å². The number of ether oxygens (including phenoxy) is 1. The molecule has 1 fully saturated rings. The molecule has 0 amide bonds. The summed E-state index contributed by atoms with van der Waals surface area (Å²) in [4.78, 5) is 0. The molecule has 14 heavy (non-hydrogen) atoms. The monoisotopic (exact) mass is 194 g/mol. The second kappa shape index (κ2) is 4.32. The van der Waals surface area contributed by atoms with Crippen LogP contribution in [0.2, 0.25) is 5.82 Å². The summed E-state index contributed by atoms with van der Waals surface area (Å²) in [6.45, 7) is 3.27. The van der Waals surface area contributed by atoms with Crippen LogP contribution in [-0.2, 0) is 4.74 Å². The first-order valence-corrected chi connectivity index (χ1v) is 4.55. The Labute approximate surface area is 85.5 Å². The zero-order chi connectivity index (χ0) is 10.8. The van der Waals surface area contributed by atoms with E-state index in [0.717, 1.165) is 0 Å². The molecule has 4 atom stereocenters. The minimum absolute atomic E-state index is 0.176. The lowest BCUT2D eigenvalue weighted by atomic mass is 9.79. The minimum Gasteiger partial charge on any atom is -0.395 e. The van der Waals surface area contributed by atoms with Gasteiger partial charge in [-0.3, -0.25) is 0 Å². The number of rotatable bonds is 3. The van der Waals surface area contributed by atoms with E-state index in [9.17, 15) is 10.2 Å². The van der Waals surface area contributed by atoms with Gasteiger partial charge in [-0.25, -0.2) is 0 Å². The fourth-order valence-corrected chi connectivity index (χ4v) is 2.09. The summed E-state index contributed by atoms with van der Waals surface area (Å²) in [6.07, 6.45) is 0.816. The van der Waals surface area contributed by atoms with E-state index in [1.807, 2.05) is 0 Å². The van der Waals surface area contributed by atoms with E-state index in [1.165, 1.54) is 7.11 Å². The first kappa shape index (κ1) is 11.5. The third-order valence-corrected chi connectivity index (χ3v) is 2.89. The normalized spacial score (nSPS) is 42.1. The van der Waals surface area contributed by atoms with Gasteiger partial charge in [0.25, 0.3) is 0 Å². The average Bonchev–Trinajstić information content (AvgIpc) is 2.40. The van der Waals surface area contributed by atoms with Gasteiger partial charge in [0, 0.05) is 12.5 Å². The Balaban J connectivity index is 2.96. The topological polar surface area (TPSA) is 49.7 Å². The van der Waals surface area contributed by atoms with Crippen molar-refractivity contribution >= 4 is 7.85 Å². The molecule has 1 rings (SSSR count). The van der Waals surface area contributed by atoms with Crippen molar-refractivity contribution in [3.63, 3.8) is 0 Å². The van der Waals surface area contributed by atoms with Gasteiger partial charge in [0.15, 0.2) is 0 Å². The van der Waals surface area contributed by atoms with E-state index >= 15 is 0 Å². The van der Waals surface area contributed by atoms with Gasteiger partial charge >= 0.3 is 0 Å². The molecule has 3 nitrogen and oxygen atoms in total. The molecular formula is C10H15BO3. The summed E-state index contributed by atoms with van der Waals surface area (Å²) in [5.41, 5.74) is 1.84. The lowest BCUT2D eigenvalue weighted by molar-refractivity contribution is -0.0406. The summed E-state index contributed by atoms with van der Waals surface area (Å²) in [6, 6.07) is 0. The van der Waals surface area contributed by atoms with Gasteiger partial charge < -0.3 is 14.9 Å². The Kier molecular flexibility index (Phi) is 3.56. The van der Waals surface area contributed by atoms with Crippen molar-refractivity contribution in [2.45, 2.75) is 24.4 Å². The number of methoxy groups -OCH3 is 1. The average molecular weight is 194 g/mol. The molecule has 0 aromatic rings. The predicted octanol–water partition coefficient (Wildman–Crippen LogP) is 0.0428. The van der Waals surface area contributed by atoms with Crippen LogP contribution in [0.1, 0.15) is 6.42 Å². The number of hydrogen-bond acceptors (Lipinski definition) is 3. The molecule has 0 heterocycles. The van der Waals surface area contributed by atoms with Crippen LogP contribution in [0.25, 0.3) is 0 Å². The third kappa shape index (κ3) is 1.66. The van der Waals surface area contributed by atoms with Crippen molar-refractivity contribution in [2.24, 2.45) is 5.41 Å². The zero-order valence-electron chi connectivity index (χ0n) is 8.31. The van der Waals surface area contributed by atoms with Crippen molar-refractivity contribution in [2.75, 3.05) is 13.7 Å². The Hall–Kier alpha value is -0.535. The molecule has 2 radical (unpaired) electrons. The quantitative estimate of drug-likeness (QED) is 0.492. The predicted molar refractivity (Wildman–Crippen MR) is 54.2 cm³/mol. The van der Waals surface area contributed by atoms with Crippen LogP contribution in [0, 0.1) is 5.41 Å². The van der Waals surface area contributed by atoms with Crippen LogP contribution in [-0.4, -0.2) is 44.0 Å². The molecule has 1 unspecified atom stereocenters. The fourth-order valence-electron chi connectivity index (χ4n) is 2.09. The molecule has 0 bridgehead atoms. The van der Waals surface area contributed by atoms with Crippen LogP contribution in [0.15, 0.2) is 18.4 Å². The molecule has 1 saturated carbocycles. The SMILES string of the molecule is [B][C@@H]1C[C@](C=C=C)(CO)[C@H](O)C1OC. The molecule has 0 spiro atoms. The Morgan fingerprint density at radius 2 is 2.43 bits per heavy atom. The maximum atomic E-state index is 9.94. The summed E-state index contributed by atoms with van der Waals surface area (Å²) >= 11 is 0. The van der Waals surface area contributed by atoms with E-state index in [-0.39, 0.29) is 12.4 Å². The molecule has 1 aliphatic carbocycles. The van der Waals surface area contributed by atoms with Crippen LogP contribution in [0.3, 0.4) is 0 Å². The van der Waals surface area contributed by atoms with Crippen molar-refractivity contribution in [1.82, 2.24) is 0 Å². The fraction of sp³-hybridized carbons (Fsp3) is 0.700. The molecular weight excluding hydrogens is 179 g/mol. The largest absolute Gasteiger partial charge is 0.395 e. The molecule has 0 aromatic heterocycles. The highest BCUT2D eigenvalue weighted by atomic mass is 16.5. The van der Waals surface area contributed by atoms with Crippen LogP contribution < -0.4 is 0 Å². The minimum atomic E-state index is -0.804. The third-order valence-electron chi connectivity index (χ3n) is 2.89. The molecule has 0 aliphatic heterocycles. The standard InChI is InChI=1S/C10H15BO3/c1-3-4-10(6-12)5-7(11)8(14-2)9(10)13/h4,7-9,12-13H,1,5-6H2,2H3/t7-,8?,9-,10-/m1/s1. The highest BCUT2D eigenvalue weighted by Crippen LogP contribution is 2.45. The molecule has 2 N–H and O–H groups in total. The highest BCUT2D eigenvalue weighted by Gasteiger charge is 2.49. The highest BCUT2D eigenvalue weighted by molar-refractivity contribution is 6.12. The van der Waals surface area contributed by atoms with Gasteiger partial charge in [-0.15, -0.1) is 5.73 Å². The summed E-state index contributed by atoms with van der Waals surface area (Å²) in [5.74, 6) is -0.272. The first-order valence-electron chi connectivity index (χ1n) is 4.55. The van der Waals surface area contributed by atoms with E-state index in [2.05, 4.69) is 12.3 Å². The van der Waals surface area contributed by atoms with E-state index in [1.54, 1.807) is 6.08 Å². The molecule has 4 heteroatoms. The molecule has 76 valence electrons. The Morgan fingerprint density at radius 1 is 1.79 bits per heavy atom. The van der Waals surface area contributed by atoms with Crippen molar-refractivity contribution in [3.05, 3.63) is 18.4 Å². The van der Waals surface area contributed by atoms with Gasteiger partial charge in [-0.1, -0.05) is 6.58 Å². The van der Waals surface area contributed by atoms with Gasteiger partial charge in [-0.2, -0.15) is 0 Å². The zero-order valence-corrected chi connectivity index (χ0v) is 8.31. The number of aliphatic hydroxyl groups excluding tert-OH is 2. The maximum Gasteiger partial charge on any atom is 0.0915 e. The van der Waals surface area contributed by atoms with Crippen molar-refractivity contribution < 1.29 is 14.9 Å². The second-order valence-electron chi connectivity index (χ2n) is 3.75. The Bertz CT molecular complexity index is 250. The van der Waals surface area contributed by atoms with Gasteiger partial charge in [0.05, 0.1) is 26.7 Å². The smallest absolute Gasteiger partial charge is 0.0915 e. The van der Waals surface area contributed by atoms with Gasteiger partial charge in [-0.05, 0) is 18.3 Å². The summed E-state index contributed by atoms with van der Waals surface area (Å²) in [5, 5.41) is 19.2. The Morgan fingerprint density at radius 3 is 2.79 bits per heavy atom. The lowest BCUT2D eigenvalue weighted by Crippen LogP contribution is -2.38. The lowest BCUT2D eigenvalue weighted by Gasteiger charge is -2.27. The van der Waals surface area contributed by atoms with Gasteiger partial charge in [0.1, 0.15) is 0 Å². The van der Waals surface area contributed by atoms with E-state index in [0.29, 0.717) is 6.42 Å². The van der Waals surface area contributed by atoms with Crippen molar-refractivity contribution in [1.29, 1.82) is 0 Å². The second-order valence-corrected chi connectivity index (χ2v) is 3.75. The van der Waals surface area contributed by atoms with Gasteiger partial charge in [0.2, 0.25) is 0 Å². The molecule has 1 aliphatic rings. The first-order chi connectivity index (χ1) is 6.61. The summed E-state index contributed by atoms with van der Waals surface area (Å²) in [7, 11) is 7.30. The summed E-state index contributed by atoms with van der Waals surface area (Å²) < 4.78 is 5.08. The molecule has 0 saturated heterocycles. The van der Waals surface area contributed by atoms with Crippen LogP contribution >= 0.6 is 0 Å². The van der Waals surface area contributed by atoms with E-state index < -0.39 is 17.6 Å². The maximum absolute atomic E-state index is 9.94. The van der Waals surface area contributed by atoms with Crippen LogP contribution in [0.4, 0.5) is 0 Å². The van der Waals surface area contributed by atoms with E-state index in [4.69, 9.17) is 12.6 Å². The number of hydrogen-bond donors (Lipinski definition) is 2. The number of aliphatic hydroxyl groups is 2.